The number of hydrogen-bond donors (Lipinski definition) is 0. The summed E-state index contributed by atoms with van der Waals surface area (Å²) in [4.78, 5) is 24.7. The third kappa shape index (κ3) is 5.21. The Labute approximate surface area is 219 Å². The number of carbonyl (C=O) groups is 2. The summed E-state index contributed by atoms with van der Waals surface area (Å²) in [6.45, 7) is 17.8. The van der Waals surface area contributed by atoms with Crippen molar-refractivity contribution in [2.24, 2.45) is 10.8 Å². The van der Waals surface area contributed by atoms with Crippen LogP contribution in [0.3, 0.4) is 0 Å². The van der Waals surface area contributed by atoms with Gasteiger partial charge in [0.05, 0.1) is 5.41 Å². The molecule has 0 unspecified atom stereocenters. The van der Waals surface area contributed by atoms with Gasteiger partial charge in [0.15, 0.2) is 0 Å². The molecule has 0 spiro atoms. The number of ketones is 2. The summed E-state index contributed by atoms with van der Waals surface area (Å²) in [5.41, 5.74) is 0.155. The zero-order valence-electron chi connectivity index (χ0n) is 23.2. The van der Waals surface area contributed by atoms with Crippen LogP contribution in [0.4, 0.5) is 0 Å². The number of carbonyl (C=O) groups excluding carboxylic acids is 2. The SMILES string of the molecule is C=C(CCC(C)=O)[C@@]1(C)C(=O)CC[C@@]1(C)CCCO[Si](c1ccccc1)(c1ccccc1)C(C)(C)C. The fourth-order valence-electron chi connectivity index (χ4n) is 6.25. The molecule has 1 aliphatic carbocycles. The minimum atomic E-state index is -2.57. The van der Waals surface area contributed by atoms with Crippen molar-refractivity contribution in [3.05, 3.63) is 72.8 Å². The van der Waals surface area contributed by atoms with E-state index in [-0.39, 0.29) is 22.0 Å². The van der Waals surface area contributed by atoms with Gasteiger partial charge in [-0.05, 0) is 60.4 Å². The first kappa shape index (κ1) is 28.3. The minimum absolute atomic E-state index is 0.0571. The second-order valence-electron chi connectivity index (χ2n) is 12.0. The quantitative estimate of drug-likeness (QED) is 0.196. The van der Waals surface area contributed by atoms with E-state index in [1.807, 2.05) is 0 Å². The molecule has 3 rings (SSSR count). The molecule has 0 amide bonds. The Bertz CT molecular complexity index is 1030. The van der Waals surface area contributed by atoms with E-state index < -0.39 is 13.7 Å². The highest BCUT2D eigenvalue weighted by atomic mass is 28.4. The van der Waals surface area contributed by atoms with Gasteiger partial charge in [-0.1, -0.05) is 101 Å². The van der Waals surface area contributed by atoms with E-state index >= 15 is 0 Å². The Hall–Kier alpha value is -2.30. The predicted octanol–water partition coefficient (Wildman–Crippen LogP) is 6.64. The van der Waals surface area contributed by atoms with Crippen molar-refractivity contribution in [2.45, 2.75) is 85.1 Å². The molecule has 0 heterocycles. The zero-order chi connectivity index (χ0) is 26.6. The third-order valence-corrected chi connectivity index (χ3v) is 13.8. The summed E-state index contributed by atoms with van der Waals surface area (Å²) >= 11 is 0. The van der Waals surface area contributed by atoms with Crippen LogP contribution in [0.2, 0.25) is 5.04 Å². The van der Waals surface area contributed by atoms with Crippen molar-refractivity contribution < 1.29 is 14.0 Å². The zero-order valence-corrected chi connectivity index (χ0v) is 24.2. The molecule has 1 aliphatic rings. The van der Waals surface area contributed by atoms with Gasteiger partial charge in [-0.25, -0.2) is 0 Å². The van der Waals surface area contributed by atoms with Crippen LogP contribution in [0, 0.1) is 10.8 Å². The smallest absolute Gasteiger partial charge is 0.261 e. The number of rotatable bonds is 11. The number of allylic oxidation sites excluding steroid dienone is 1. The highest BCUT2D eigenvalue weighted by Gasteiger charge is 2.55. The number of hydrogen-bond acceptors (Lipinski definition) is 3. The van der Waals surface area contributed by atoms with E-state index in [2.05, 4.69) is 102 Å². The van der Waals surface area contributed by atoms with E-state index in [0.717, 1.165) is 24.8 Å². The fraction of sp³-hybridized carbons (Fsp3) is 0.500. The molecule has 3 nitrogen and oxygen atoms in total. The largest absolute Gasteiger partial charge is 0.407 e. The Kier molecular flexibility index (Phi) is 8.62. The van der Waals surface area contributed by atoms with Gasteiger partial charge >= 0.3 is 0 Å². The van der Waals surface area contributed by atoms with Crippen molar-refractivity contribution in [2.75, 3.05) is 6.61 Å². The fourth-order valence-corrected chi connectivity index (χ4v) is 10.9. The van der Waals surface area contributed by atoms with Crippen LogP contribution in [0.25, 0.3) is 0 Å². The maximum atomic E-state index is 13.1. The monoisotopic (exact) mass is 504 g/mol. The van der Waals surface area contributed by atoms with Crippen LogP contribution in [-0.2, 0) is 14.0 Å². The Balaban J connectivity index is 1.84. The second-order valence-corrected chi connectivity index (χ2v) is 16.3. The molecule has 0 bridgehead atoms. The molecule has 2 aromatic rings. The van der Waals surface area contributed by atoms with Gasteiger partial charge in [-0.15, -0.1) is 0 Å². The standard InChI is InChI=1S/C32H44O3Si/c1-25(19-20-26(2)33)32(7)29(34)21-23-31(32,6)22-14-24-35-36(30(3,4)5,27-15-10-8-11-16-27)28-17-12-9-13-18-28/h8-13,15-18H,1,14,19-24H2,2-7H3/t31-,32+/m1/s1. The summed E-state index contributed by atoms with van der Waals surface area (Å²) in [6, 6.07) is 21.4. The van der Waals surface area contributed by atoms with E-state index in [9.17, 15) is 9.59 Å². The molecule has 2 aromatic carbocycles. The molecule has 0 aliphatic heterocycles. The Morgan fingerprint density at radius 2 is 1.50 bits per heavy atom. The number of Topliss-reactive ketones (excluding diaryl/α,β-unsaturated/α-hetero) is 2. The maximum absolute atomic E-state index is 13.1. The molecule has 1 fully saturated rings. The summed E-state index contributed by atoms with van der Waals surface area (Å²) in [5.74, 6) is 0.414. The minimum Gasteiger partial charge on any atom is -0.407 e. The summed E-state index contributed by atoms with van der Waals surface area (Å²) in [7, 11) is -2.57. The molecule has 0 radical (unpaired) electrons. The van der Waals surface area contributed by atoms with Crippen LogP contribution < -0.4 is 10.4 Å². The second kappa shape index (κ2) is 11.0. The van der Waals surface area contributed by atoms with Gasteiger partial charge in [0.25, 0.3) is 8.32 Å². The van der Waals surface area contributed by atoms with Crippen LogP contribution >= 0.6 is 0 Å². The average Bonchev–Trinajstić information content (AvgIpc) is 3.08. The van der Waals surface area contributed by atoms with Gasteiger partial charge in [0.2, 0.25) is 0 Å². The molecule has 1 saturated carbocycles. The lowest BCUT2D eigenvalue weighted by molar-refractivity contribution is -0.126. The van der Waals surface area contributed by atoms with E-state index in [0.29, 0.717) is 25.9 Å². The van der Waals surface area contributed by atoms with E-state index in [1.54, 1.807) is 6.92 Å². The molecule has 2 atom stereocenters. The van der Waals surface area contributed by atoms with Gasteiger partial charge in [-0.2, -0.15) is 0 Å². The molecular weight excluding hydrogens is 460 g/mol. The first-order chi connectivity index (χ1) is 16.9. The highest BCUT2D eigenvalue weighted by molar-refractivity contribution is 6.99. The lowest BCUT2D eigenvalue weighted by atomic mass is 9.61. The third-order valence-electron chi connectivity index (χ3n) is 8.76. The van der Waals surface area contributed by atoms with Gasteiger partial charge in [0.1, 0.15) is 11.6 Å². The molecule has 194 valence electrons. The number of benzene rings is 2. The van der Waals surface area contributed by atoms with Crippen LogP contribution in [-0.4, -0.2) is 26.5 Å². The lowest BCUT2D eigenvalue weighted by Gasteiger charge is -2.44. The van der Waals surface area contributed by atoms with Crippen molar-refractivity contribution in [1.82, 2.24) is 0 Å². The molecule has 0 saturated heterocycles. The summed E-state index contributed by atoms with van der Waals surface area (Å²) in [5, 5.41) is 2.51. The van der Waals surface area contributed by atoms with Gasteiger partial charge < -0.3 is 9.22 Å². The topological polar surface area (TPSA) is 43.4 Å². The van der Waals surface area contributed by atoms with Crippen LogP contribution in [0.15, 0.2) is 72.8 Å². The highest BCUT2D eigenvalue weighted by Crippen LogP contribution is 2.57. The Morgan fingerprint density at radius 3 is 1.97 bits per heavy atom. The van der Waals surface area contributed by atoms with Crippen LogP contribution in [0.5, 0.6) is 0 Å². The molecule has 0 aromatic heterocycles. The lowest BCUT2D eigenvalue weighted by Crippen LogP contribution is -2.66. The van der Waals surface area contributed by atoms with Crippen molar-refractivity contribution in [1.29, 1.82) is 0 Å². The van der Waals surface area contributed by atoms with Crippen molar-refractivity contribution in [3.8, 4) is 0 Å². The van der Waals surface area contributed by atoms with Crippen molar-refractivity contribution >= 4 is 30.3 Å². The molecule has 4 heteroatoms. The van der Waals surface area contributed by atoms with Crippen molar-refractivity contribution in [3.63, 3.8) is 0 Å². The van der Waals surface area contributed by atoms with E-state index in [4.69, 9.17) is 4.43 Å². The summed E-state index contributed by atoms with van der Waals surface area (Å²) in [6.07, 6.45) is 4.26. The van der Waals surface area contributed by atoms with Gasteiger partial charge in [-0.3, -0.25) is 4.79 Å². The van der Waals surface area contributed by atoms with E-state index in [1.165, 1.54) is 10.4 Å². The first-order valence-corrected chi connectivity index (χ1v) is 15.3. The van der Waals surface area contributed by atoms with Crippen LogP contribution in [0.1, 0.15) is 80.1 Å². The first-order valence-electron chi connectivity index (χ1n) is 13.3. The molecule has 0 N–H and O–H groups in total. The maximum Gasteiger partial charge on any atom is 0.261 e. The van der Waals surface area contributed by atoms with Gasteiger partial charge in [0, 0.05) is 19.4 Å². The molecule has 36 heavy (non-hydrogen) atoms. The molecular formula is C32H44O3Si. The summed E-state index contributed by atoms with van der Waals surface area (Å²) < 4.78 is 7.09. The normalized spacial score (nSPS) is 22.6. The average molecular weight is 505 g/mol. The Morgan fingerprint density at radius 1 is 0.972 bits per heavy atom. The predicted molar refractivity (Wildman–Crippen MR) is 152 cm³/mol.